The number of methoxy groups -OCH3 is 1. The molecule has 2 aromatic carbocycles. The number of nitrogens with zero attached hydrogens (tertiary/aromatic N) is 1. The molecule has 5 heteroatoms. The van der Waals surface area contributed by atoms with Crippen LogP contribution in [0.1, 0.15) is 34.8 Å². The quantitative estimate of drug-likeness (QED) is 0.590. The van der Waals surface area contributed by atoms with Gasteiger partial charge in [-0.3, -0.25) is 4.79 Å². The van der Waals surface area contributed by atoms with Crippen molar-refractivity contribution < 1.29 is 14.6 Å². The summed E-state index contributed by atoms with van der Waals surface area (Å²) in [5.41, 5.74) is 4.87. The van der Waals surface area contributed by atoms with Crippen LogP contribution in [0.15, 0.2) is 78.5 Å². The van der Waals surface area contributed by atoms with Gasteiger partial charge < -0.3 is 15.2 Å². The van der Waals surface area contributed by atoms with Crippen molar-refractivity contribution >= 4 is 23.9 Å². The maximum Gasteiger partial charge on any atom is 0.249 e. The van der Waals surface area contributed by atoms with Gasteiger partial charge >= 0.3 is 0 Å². The molecule has 2 N–H and O–H groups in total. The number of benzene rings is 2. The Morgan fingerprint density at radius 1 is 1.10 bits per heavy atom. The van der Waals surface area contributed by atoms with E-state index in [0.29, 0.717) is 11.6 Å². The van der Waals surface area contributed by atoms with E-state index in [2.05, 4.69) is 16.4 Å². The molecular formula is C26H24N2O3. The van der Waals surface area contributed by atoms with E-state index in [-0.39, 0.29) is 5.91 Å². The monoisotopic (exact) mass is 412 g/mol. The molecule has 1 amide bonds. The second-order valence-electron chi connectivity index (χ2n) is 7.40. The average Bonchev–Trinajstić information content (AvgIpc) is 2.80. The molecule has 0 bridgehead atoms. The van der Waals surface area contributed by atoms with Gasteiger partial charge in [-0.1, -0.05) is 36.4 Å². The van der Waals surface area contributed by atoms with E-state index in [1.165, 1.54) is 11.6 Å². The summed E-state index contributed by atoms with van der Waals surface area (Å²) >= 11 is 0. The van der Waals surface area contributed by atoms with E-state index in [1.54, 1.807) is 31.5 Å². The predicted molar refractivity (Wildman–Crippen MR) is 123 cm³/mol. The lowest BCUT2D eigenvalue weighted by Gasteiger charge is -2.24. The third-order valence-electron chi connectivity index (χ3n) is 5.27. The lowest BCUT2D eigenvalue weighted by Crippen LogP contribution is -2.12. The molecule has 0 saturated carbocycles. The number of aliphatic hydroxyl groups excluding tert-OH is 1. The van der Waals surface area contributed by atoms with Gasteiger partial charge in [0.25, 0.3) is 0 Å². The van der Waals surface area contributed by atoms with Gasteiger partial charge in [-0.2, -0.15) is 0 Å². The van der Waals surface area contributed by atoms with Gasteiger partial charge in [0.2, 0.25) is 5.91 Å². The van der Waals surface area contributed by atoms with Crippen LogP contribution in [0.4, 0.5) is 5.82 Å². The second kappa shape index (κ2) is 9.41. The van der Waals surface area contributed by atoms with Gasteiger partial charge in [0.05, 0.1) is 7.11 Å². The number of ether oxygens (including phenoxy) is 1. The molecule has 1 heterocycles. The second-order valence-corrected chi connectivity index (χ2v) is 7.40. The van der Waals surface area contributed by atoms with Crippen LogP contribution in [-0.2, 0) is 11.2 Å². The van der Waals surface area contributed by atoms with Crippen molar-refractivity contribution in [2.45, 2.75) is 18.9 Å². The molecule has 31 heavy (non-hydrogen) atoms. The molecule has 0 saturated heterocycles. The number of aliphatic hydroxyl groups is 1. The number of aromatic nitrogens is 1. The van der Waals surface area contributed by atoms with Gasteiger partial charge in [-0.25, -0.2) is 4.98 Å². The molecule has 1 aliphatic rings. The molecule has 0 spiro atoms. The standard InChI is InChI=1S/C26H24N2O3/c1-31-22-16-18(9-12-25(29)28-24-8-4-5-13-27-24)14-19(17-22)15-21-11-10-20-6-2-3-7-23(20)26(21)30/h2-9,12-17,26,30H,10-11H2,1H3,(H,27,28,29)/b12-9+,21-15+. The lowest BCUT2D eigenvalue weighted by molar-refractivity contribution is -0.111. The Kier molecular flexibility index (Phi) is 6.24. The number of fused-ring (bicyclic) bond motifs is 1. The fourth-order valence-electron chi connectivity index (χ4n) is 3.73. The van der Waals surface area contributed by atoms with Crippen molar-refractivity contribution in [3.63, 3.8) is 0 Å². The molecule has 1 atom stereocenters. The van der Waals surface area contributed by atoms with Crippen LogP contribution < -0.4 is 10.1 Å². The van der Waals surface area contributed by atoms with Crippen LogP contribution >= 0.6 is 0 Å². The molecule has 1 aliphatic carbocycles. The van der Waals surface area contributed by atoms with E-state index in [1.807, 2.05) is 48.5 Å². The molecule has 1 aromatic heterocycles. The summed E-state index contributed by atoms with van der Waals surface area (Å²) in [5.74, 6) is 0.922. The minimum Gasteiger partial charge on any atom is -0.497 e. The smallest absolute Gasteiger partial charge is 0.249 e. The largest absolute Gasteiger partial charge is 0.497 e. The number of amides is 1. The van der Waals surface area contributed by atoms with Crippen molar-refractivity contribution in [2.75, 3.05) is 12.4 Å². The van der Waals surface area contributed by atoms with Crippen molar-refractivity contribution in [2.24, 2.45) is 0 Å². The summed E-state index contributed by atoms with van der Waals surface area (Å²) in [5, 5.41) is 13.5. The molecule has 3 aromatic rings. The third kappa shape index (κ3) is 5.08. The van der Waals surface area contributed by atoms with Crippen LogP contribution in [-0.4, -0.2) is 23.1 Å². The third-order valence-corrected chi connectivity index (χ3v) is 5.27. The first kappa shape index (κ1) is 20.6. The highest BCUT2D eigenvalue weighted by atomic mass is 16.5. The van der Waals surface area contributed by atoms with Crippen LogP contribution in [0.25, 0.3) is 12.2 Å². The summed E-state index contributed by atoms with van der Waals surface area (Å²) in [6.07, 6.45) is 7.92. The summed E-state index contributed by atoms with van der Waals surface area (Å²) < 4.78 is 5.43. The Labute approximate surface area is 181 Å². The van der Waals surface area contributed by atoms with Crippen molar-refractivity contribution in [1.29, 1.82) is 0 Å². The van der Waals surface area contributed by atoms with Crippen LogP contribution in [0, 0.1) is 0 Å². The highest BCUT2D eigenvalue weighted by Gasteiger charge is 2.21. The zero-order valence-corrected chi connectivity index (χ0v) is 17.3. The van der Waals surface area contributed by atoms with Crippen LogP contribution in [0.5, 0.6) is 5.75 Å². The number of pyridine rings is 1. The fourth-order valence-corrected chi connectivity index (χ4v) is 3.73. The summed E-state index contributed by atoms with van der Waals surface area (Å²) in [4.78, 5) is 16.3. The Morgan fingerprint density at radius 2 is 1.90 bits per heavy atom. The van der Waals surface area contributed by atoms with E-state index >= 15 is 0 Å². The Hall–Kier alpha value is -3.70. The molecule has 5 nitrogen and oxygen atoms in total. The summed E-state index contributed by atoms with van der Waals surface area (Å²) in [6.45, 7) is 0. The van der Waals surface area contributed by atoms with Crippen molar-refractivity contribution in [1.82, 2.24) is 4.98 Å². The molecule has 4 rings (SSSR count). The van der Waals surface area contributed by atoms with E-state index in [9.17, 15) is 9.90 Å². The Balaban J connectivity index is 1.55. The average molecular weight is 412 g/mol. The van der Waals surface area contributed by atoms with Gasteiger partial charge in [-0.15, -0.1) is 0 Å². The first-order valence-electron chi connectivity index (χ1n) is 10.2. The number of rotatable bonds is 5. The lowest BCUT2D eigenvalue weighted by atomic mass is 9.85. The maximum atomic E-state index is 12.2. The molecule has 0 aliphatic heterocycles. The maximum absolute atomic E-state index is 12.2. The topological polar surface area (TPSA) is 71.5 Å². The number of hydrogen-bond donors (Lipinski definition) is 2. The number of carbonyl (C=O) groups is 1. The predicted octanol–water partition coefficient (Wildman–Crippen LogP) is 4.81. The zero-order valence-electron chi connectivity index (χ0n) is 17.3. The van der Waals surface area contributed by atoms with Gasteiger partial charge in [0, 0.05) is 12.3 Å². The fraction of sp³-hybridized carbons (Fsp3) is 0.154. The number of anilines is 1. The number of hydrogen-bond acceptors (Lipinski definition) is 4. The Bertz CT molecular complexity index is 1140. The molecule has 156 valence electrons. The van der Waals surface area contributed by atoms with Gasteiger partial charge in [0.1, 0.15) is 17.7 Å². The van der Waals surface area contributed by atoms with Crippen molar-refractivity contribution in [3.8, 4) is 5.75 Å². The number of nitrogens with one attached hydrogen (secondary N) is 1. The first-order valence-corrected chi connectivity index (χ1v) is 10.2. The highest BCUT2D eigenvalue weighted by molar-refractivity contribution is 6.01. The minimum atomic E-state index is -0.612. The normalized spacial score (nSPS) is 16.8. The molecule has 0 fully saturated rings. The van der Waals surface area contributed by atoms with Gasteiger partial charge in [0.15, 0.2) is 0 Å². The Morgan fingerprint density at radius 3 is 2.71 bits per heavy atom. The highest BCUT2D eigenvalue weighted by Crippen LogP contribution is 2.35. The SMILES string of the molecule is COc1cc(/C=C/C(=O)Nc2ccccn2)cc(/C=C2\CCc3ccccc3C2O)c1. The molecule has 1 unspecified atom stereocenters. The first-order chi connectivity index (χ1) is 15.1. The summed E-state index contributed by atoms with van der Waals surface area (Å²) in [6, 6.07) is 19.1. The zero-order chi connectivity index (χ0) is 21.6. The molecular weight excluding hydrogens is 388 g/mol. The number of carbonyl (C=O) groups excluding carboxylic acids is 1. The minimum absolute atomic E-state index is 0.263. The van der Waals surface area contributed by atoms with Crippen LogP contribution in [0.2, 0.25) is 0 Å². The van der Waals surface area contributed by atoms with E-state index in [4.69, 9.17) is 4.74 Å². The van der Waals surface area contributed by atoms with E-state index in [0.717, 1.165) is 35.1 Å². The van der Waals surface area contributed by atoms with Crippen LogP contribution in [0.3, 0.4) is 0 Å². The molecule has 0 radical (unpaired) electrons. The van der Waals surface area contributed by atoms with Crippen molar-refractivity contribution in [3.05, 3.63) is 101 Å². The van der Waals surface area contributed by atoms with E-state index < -0.39 is 6.10 Å². The number of aryl methyl sites for hydroxylation is 1. The van der Waals surface area contributed by atoms with Gasteiger partial charge in [-0.05, 0) is 77.1 Å². The summed E-state index contributed by atoms with van der Waals surface area (Å²) in [7, 11) is 1.61.